The molecular formula is C22H25ClN2O4S. The second-order valence-electron chi connectivity index (χ2n) is 8.55. The average molecular weight is 449 g/mol. The molecule has 160 valence electrons. The number of carboxylic acids is 1. The number of carbonyl (C=O) groups is 1. The van der Waals surface area contributed by atoms with Crippen LogP contribution >= 0.6 is 11.6 Å². The van der Waals surface area contributed by atoms with E-state index in [4.69, 9.17) is 11.6 Å². The fourth-order valence-electron chi connectivity index (χ4n) is 3.67. The van der Waals surface area contributed by atoms with Crippen molar-refractivity contribution in [3.8, 4) is 0 Å². The lowest BCUT2D eigenvalue weighted by Crippen LogP contribution is -2.31. The third kappa shape index (κ3) is 4.04. The summed E-state index contributed by atoms with van der Waals surface area (Å²) in [4.78, 5) is 12.2. The van der Waals surface area contributed by atoms with Crippen LogP contribution in [0.2, 0.25) is 5.02 Å². The summed E-state index contributed by atoms with van der Waals surface area (Å²) in [5.74, 6) is -0.984. The van der Waals surface area contributed by atoms with Crippen molar-refractivity contribution in [2.45, 2.75) is 45.6 Å². The van der Waals surface area contributed by atoms with Gasteiger partial charge in [0.05, 0.1) is 16.1 Å². The molecule has 30 heavy (non-hydrogen) atoms. The van der Waals surface area contributed by atoms with E-state index in [1.807, 2.05) is 26.8 Å². The third-order valence-electron chi connectivity index (χ3n) is 5.06. The van der Waals surface area contributed by atoms with Gasteiger partial charge in [-0.05, 0) is 54.7 Å². The molecule has 0 saturated carbocycles. The smallest absolute Gasteiger partial charge is 0.327 e. The van der Waals surface area contributed by atoms with E-state index in [0.29, 0.717) is 27.4 Å². The Balaban J connectivity index is 2.17. The van der Waals surface area contributed by atoms with Crippen molar-refractivity contribution in [2.24, 2.45) is 5.41 Å². The molecule has 6 nitrogen and oxygen atoms in total. The summed E-state index contributed by atoms with van der Waals surface area (Å²) < 4.78 is 30.6. The van der Waals surface area contributed by atoms with Crippen molar-refractivity contribution in [3.63, 3.8) is 0 Å². The van der Waals surface area contributed by atoms with Crippen LogP contribution in [0.25, 0.3) is 10.9 Å². The summed E-state index contributed by atoms with van der Waals surface area (Å²) in [5.41, 5.74) is 1.43. The lowest BCUT2D eigenvalue weighted by Gasteiger charge is -2.29. The second kappa shape index (κ2) is 7.63. The molecule has 3 aromatic rings. The SMILES string of the molecule is Cc1cc(S(=O)(=O)Nc2cccc3ccn(C(C(=O)O)C(C)(C)C)c23)c(C)cc1Cl. The van der Waals surface area contributed by atoms with Gasteiger partial charge in [-0.1, -0.05) is 44.5 Å². The molecule has 0 amide bonds. The first-order valence-electron chi connectivity index (χ1n) is 9.45. The van der Waals surface area contributed by atoms with Crippen LogP contribution in [0.3, 0.4) is 0 Å². The topological polar surface area (TPSA) is 88.4 Å². The number of anilines is 1. The van der Waals surface area contributed by atoms with Crippen LogP contribution < -0.4 is 4.72 Å². The van der Waals surface area contributed by atoms with Gasteiger partial charge in [-0.3, -0.25) is 4.72 Å². The monoisotopic (exact) mass is 448 g/mol. The summed E-state index contributed by atoms with van der Waals surface area (Å²) in [5, 5.41) is 11.1. The molecule has 8 heteroatoms. The molecule has 1 atom stereocenters. The Kier molecular flexibility index (Phi) is 5.64. The lowest BCUT2D eigenvalue weighted by atomic mass is 9.86. The minimum atomic E-state index is -3.92. The van der Waals surface area contributed by atoms with Crippen molar-refractivity contribution in [1.29, 1.82) is 0 Å². The maximum atomic E-state index is 13.2. The first-order chi connectivity index (χ1) is 13.8. The fraction of sp³-hybridized carbons (Fsp3) is 0.318. The van der Waals surface area contributed by atoms with Crippen LogP contribution in [-0.2, 0) is 14.8 Å². The van der Waals surface area contributed by atoms with Crippen molar-refractivity contribution in [1.82, 2.24) is 4.57 Å². The molecule has 0 fully saturated rings. The Hall–Kier alpha value is -2.51. The highest BCUT2D eigenvalue weighted by Crippen LogP contribution is 2.37. The number of sulfonamides is 1. The van der Waals surface area contributed by atoms with Gasteiger partial charge in [-0.2, -0.15) is 0 Å². The molecule has 1 unspecified atom stereocenters. The molecule has 1 heterocycles. The van der Waals surface area contributed by atoms with E-state index in [-0.39, 0.29) is 4.90 Å². The largest absolute Gasteiger partial charge is 0.480 e. The number of fused-ring (bicyclic) bond motifs is 1. The molecular weight excluding hydrogens is 424 g/mol. The third-order valence-corrected chi connectivity index (χ3v) is 6.98. The molecule has 0 spiro atoms. The number of aryl methyl sites for hydroxylation is 2. The number of halogens is 1. The number of para-hydroxylation sites is 1. The van der Waals surface area contributed by atoms with Crippen molar-refractivity contribution in [2.75, 3.05) is 4.72 Å². The van der Waals surface area contributed by atoms with E-state index in [0.717, 1.165) is 5.39 Å². The zero-order valence-electron chi connectivity index (χ0n) is 17.5. The molecule has 0 radical (unpaired) electrons. The predicted molar refractivity (Wildman–Crippen MR) is 120 cm³/mol. The zero-order chi connectivity index (χ0) is 22.4. The number of carboxylic acid groups (broad SMARTS) is 1. The van der Waals surface area contributed by atoms with Gasteiger partial charge in [-0.25, -0.2) is 13.2 Å². The molecule has 2 aromatic carbocycles. The highest BCUT2D eigenvalue weighted by Gasteiger charge is 2.34. The van der Waals surface area contributed by atoms with Gasteiger partial charge >= 0.3 is 5.97 Å². The fourth-order valence-corrected chi connectivity index (χ4v) is 5.26. The van der Waals surface area contributed by atoms with Gasteiger partial charge in [0.15, 0.2) is 0 Å². The number of hydrogen-bond acceptors (Lipinski definition) is 3. The van der Waals surface area contributed by atoms with Gasteiger partial charge in [0, 0.05) is 16.6 Å². The highest BCUT2D eigenvalue weighted by atomic mass is 35.5. The van der Waals surface area contributed by atoms with Gasteiger partial charge in [-0.15, -0.1) is 0 Å². The first-order valence-corrected chi connectivity index (χ1v) is 11.3. The van der Waals surface area contributed by atoms with Crippen LogP contribution in [0.15, 0.2) is 47.5 Å². The Morgan fingerprint density at radius 2 is 1.80 bits per heavy atom. The number of nitrogens with one attached hydrogen (secondary N) is 1. The number of aromatic nitrogens is 1. The van der Waals surface area contributed by atoms with Gasteiger partial charge in [0.1, 0.15) is 6.04 Å². The van der Waals surface area contributed by atoms with E-state index >= 15 is 0 Å². The van der Waals surface area contributed by atoms with Crippen molar-refractivity contribution in [3.05, 3.63) is 58.7 Å². The lowest BCUT2D eigenvalue weighted by molar-refractivity contribution is -0.144. The van der Waals surface area contributed by atoms with Crippen LogP contribution in [0, 0.1) is 19.3 Å². The van der Waals surface area contributed by atoms with Crippen molar-refractivity contribution < 1.29 is 18.3 Å². The number of nitrogens with zero attached hydrogens (tertiary/aromatic N) is 1. The van der Waals surface area contributed by atoms with Gasteiger partial charge < -0.3 is 9.67 Å². The minimum Gasteiger partial charge on any atom is -0.480 e. The standard InChI is InChI=1S/C22H25ClN2O4S/c1-13-12-18(14(2)11-16(13)23)30(28,29)24-17-8-6-7-15-9-10-25(19(15)17)20(21(26)27)22(3,4)5/h6-12,20,24H,1-5H3,(H,26,27). The van der Waals surface area contributed by atoms with E-state index in [1.165, 1.54) is 6.07 Å². The minimum absolute atomic E-state index is 0.130. The maximum Gasteiger partial charge on any atom is 0.327 e. The normalized spacial score (nSPS) is 13.4. The van der Waals surface area contributed by atoms with E-state index in [1.54, 1.807) is 48.9 Å². The van der Waals surface area contributed by atoms with Crippen LogP contribution in [0.5, 0.6) is 0 Å². The predicted octanol–water partition coefficient (Wildman–Crippen LogP) is 5.38. The summed E-state index contributed by atoms with van der Waals surface area (Å²) >= 11 is 6.11. The average Bonchev–Trinajstić information content (AvgIpc) is 3.00. The number of benzene rings is 2. The molecule has 0 saturated heterocycles. The van der Waals surface area contributed by atoms with Gasteiger partial charge in [0.2, 0.25) is 0 Å². The Labute approximate surface area is 181 Å². The highest BCUT2D eigenvalue weighted by molar-refractivity contribution is 7.92. The molecule has 0 aliphatic heterocycles. The Morgan fingerprint density at radius 1 is 1.13 bits per heavy atom. The van der Waals surface area contributed by atoms with E-state index in [9.17, 15) is 18.3 Å². The number of aliphatic carboxylic acids is 1. The Morgan fingerprint density at radius 3 is 2.40 bits per heavy atom. The quantitative estimate of drug-likeness (QED) is 0.548. The van der Waals surface area contributed by atoms with Crippen LogP contribution in [-0.4, -0.2) is 24.1 Å². The second-order valence-corrected chi connectivity index (χ2v) is 10.6. The maximum absolute atomic E-state index is 13.2. The molecule has 3 rings (SSSR count). The van der Waals surface area contributed by atoms with E-state index < -0.39 is 27.4 Å². The number of hydrogen-bond donors (Lipinski definition) is 2. The van der Waals surface area contributed by atoms with Crippen LogP contribution in [0.4, 0.5) is 5.69 Å². The van der Waals surface area contributed by atoms with E-state index in [2.05, 4.69) is 4.72 Å². The summed E-state index contributed by atoms with van der Waals surface area (Å²) in [6.45, 7) is 8.94. The molecule has 1 aromatic heterocycles. The summed E-state index contributed by atoms with van der Waals surface area (Å²) in [6, 6.07) is 9.26. The molecule has 0 aliphatic rings. The number of rotatable bonds is 5. The van der Waals surface area contributed by atoms with Gasteiger partial charge in [0.25, 0.3) is 10.0 Å². The molecule has 2 N–H and O–H groups in total. The first kappa shape index (κ1) is 22.2. The zero-order valence-corrected chi connectivity index (χ0v) is 19.1. The van der Waals surface area contributed by atoms with Crippen molar-refractivity contribution >= 4 is 44.2 Å². The summed E-state index contributed by atoms with van der Waals surface area (Å²) in [7, 11) is -3.92. The molecule has 0 bridgehead atoms. The Bertz CT molecular complexity index is 1240. The molecule has 0 aliphatic carbocycles. The van der Waals surface area contributed by atoms with Crippen LogP contribution in [0.1, 0.15) is 37.9 Å². The summed E-state index contributed by atoms with van der Waals surface area (Å²) in [6.07, 6.45) is 1.68.